The summed E-state index contributed by atoms with van der Waals surface area (Å²) in [6.45, 7) is 0. The van der Waals surface area contributed by atoms with Crippen molar-refractivity contribution in [3.8, 4) is 22.3 Å². The van der Waals surface area contributed by atoms with E-state index in [1.54, 1.807) is 24.9 Å². The third-order valence-corrected chi connectivity index (χ3v) is 8.98. The van der Waals surface area contributed by atoms with Crippen LogP contribution in [-0.4, -0.2) is 24.9 Å². The number of nitrogens with zero attached hydrogens (tertiary/aromatic N) is 4. The SMILES string of the molecule is NN=Cc1cccc(CC(OC(Cc2cccc(C=NN)c2)c2ccccc2-c2cccc(C=NN)c2)c2ccccc2-c2cccc(C=NN)c2)c1. The van der Waals surface area contributed by atoms with Crippen molar-refractivity contribution in [1.29, 1.82) is 0 Å². The highest BCUT2D eigenvalue weighted by Crippen LogP contribution is 2.40. The topological polar surface area (TPSA) is 163 Å². The minimum atomic E-state index is -0.384. The van der Waals surface area contributed by atoms with Gasteiger partial charge in [0.15, 0.2) is 0 Å². The Kier molecular flexibility index (Phi) is 12.1. The summed E-state index contributed by atoms with van der Waals surface area (Å²) in [5.41, 5.74) is 12.0. The lowest BCUT2D eigenvalue weighted by Crippen LogP contribution is -2.17. The van der Waals surface area contributed by atoms with Gasteiger partial charge in [0.05, 0.1) is 37.1 Å². The maximum atomic E-state index is 7.50. The molecular formula is C44H42N8O. The summed E-state index contributed by atoms with van der Waals surface area (Å²) in [6, 6.07) is 49.5. The van der Waals surface area contributed by atoms with E-state index in [1.165, 1.54) is 0 Å². The molecule has 6 aromatic rings. The highest BCUT2D eigenvalue weighted by Gasteiger charge is 2.26. The van der Waals surface area contributed by atoms with Crippen LogP contribution >= 0.6 is 0 Å². The number of benzene rings is 6. The Bertz CT molecular complexity index is 2100. The van der Waals surface area contributed by atoms with Gasteiger partial charge in [0, 0.05) is 12.8 Å². The van der Waals surface area contributed by atoms with E-state index in [9.17, 15) is 0 Å². The second-order valence-corrected chi connectivity index (χ2v) is 12.5. The maximum Gasteiger partial charge on any atom is 0.0879 e. The molecular weight excluding hydrogens is 657 g/mol. The van der Waals surface area contributed by atoms with Gasteiger partial charge in [-0.3, -0.25) is 0 Å². The summed E-state index contributed by atoms with van der Waals surface area (Å²) in [6.07, 6.45) is 6.99. The summed E-state index contributed by atoms with van der Waals surface area (Å²) in [4.78, 5) is 0. The Morgan fingerprint density at radius 2 is 0.774 bits per heavy atom. The van der Waals surface area contributed by atoms with Crippen molar-refractivity contribution < 1.29 is 4.74 Å². The third-order valence-electron chi connectivity index (χ3n) is 8.98. The lowest BCUT2D eigenvalue weighted by molar-refractivity contribution is -0.0143. The van der Waals surface area contributed by atoms with E-state index in [-0.39, 0.29) is 12.2 Å². The zero-order chi connectivity index (χ0) is 36.8. The normalized spacial score (nSPS) is 13.0. The van der Waals surface area contributed by atoms with Gasteiger partial charge in [-0.1, -0.05) is 133 Å². The van der Waals surface area contributed by atoms with Crippen molar-refractivity contribution in [2.24, 2.45) is 43.8 Å². The van der Waals surface area contributed by atoms with E-state index in [1.807, 2.05) is 60.7 Å². The molecule has 0 amide bonds. The molecule has 264 valence electrons. The maximum absolute atomic E-state index is 7.50. The van der Waals surface area contributed by atoms with Crippen LogP contribution in [0.4, 0.5) is 0 Å². The van der Waals surface area contributed by atoms with E-state index in [0.29, 0.717) is 12.8 Å². The van der Waals surface area contributed by atoms with E-state index >= 15 is 0 Å². The first-order valence-corrected chi connectivity index (χ1v) is 17.2. The van der Waals surface area contributed by atoms with Gasteiger partial charge >= 0.3 is 0 Å². The summed E-state index contributed by atoms with van der Waals surface area (Å²) < 4.78 is 7.50. The molecule has 0 bridgehead atoms. The van der Waals surface area contributed by atoms with Crippen molar-refractivity contribution in [3.63, 3.8) is 0 Å². The van der Waals surface area contributed by atoms with Crippen LogP contribution in [0, 0.1) is 0 Å². The first-order valence-electron chi connectivity index (χ1n) is 17.2. The Hall–Kier alpha value is -6.84. The van der Waals surface area contributed by atoms with Gasteiger partial charge in [-0.25, -0.2) is 0 Å². The van der Waals surface area contributed by atoms with Crippen LogP contribution in [0.15, 0.2) is 166 Å². The molecule has 0 saturated heterocycles. The molecule has 0 fully saturated rings. The molecule has 2 unspecified atom stereocenters. The van der Waals surface area contributed by atoms with Crippen LogP contribution in [0.1, 0.15) is 56.7 Å². The molecule has 0 aliphatic carbocycles. The smallest absolute Gasteiger partial charge is 0.0879 e. The summed E-state index contributed by atoms with van der Waals surface area (Å²) in [7, 11) is 0. The van der Waals surface area contributed by atoms with Gasteiger partial charge in [-0.2, -0.15) is 20.4 Å². The van der Waals surface area contributed by atoms with Gasteiger partial charge in [0.2, 0.25) is 0 Å². The number of hydrogen-bond acceptors (Lipinski definition) is 9. The average Bonchev–Trinajstić information content (AvgIpc) is 3.18. The Labute approximate surface area is 310 Å². The number of hydrazone groups is 4. The van der Waals surface area contributed by atoms with Gasteiger partial charge in [-0.05, 0) is 78.9 Å². The van der Waals surface area contributed by atoms with E-state index in [4.69, 9.17) is 28.1 Å². The fourth-order valence-electron chi connectivity index (χ4n) is 6.69. The molecule has 2 atom stereocenters. The van der Waals surface area contributed by atoms with Crippen LogP contribution in [0.25, 0.3) is 22.3 Å². The van der Waals surface area contributed by atoms with Gasteiger partial charge < -0.3 is 28.1 Å². The molecule has 0 aliphatic rings. The van der Waals surface area contributed by atoms with Gasteiger partial charge in [0.25, 0.3) is 0 Å². The minimum Gasteiger partial charge on any atom is -0.365 e. The lowest BCUT2D eigenvalue weighted by Gasteiger charge is -2.29. The van der Waals surface area contributed by atoms with Crippen LogP contribution in [0.5, 0.6) is 0 Å². The second-order valence-electron chi connectivity index (χ2n) is 12.5. The standard InChI is InChI=1S/C44H42N8O/c45-49-27-33-11-5-9-31(21-33)25-43(41-19-3-1-17-39(41)37-15-7-13-35(23-37)29-51-47)53-44(26-32-10-6-12-34(22-32)28-50-46)42-20-4-2-18-40(42)38-16-8-14-36(24-38)30-52-48/h1-24,27-30,43-44H,25-26,45-48H2. The largest absolute Gasteiger partial charge is 0.365 e. The van der Waals surface area contributed by atoms with Crippen molar-refractivity contribution in [3.05, 3.63) is 190 Å². The number of rotatable bonds is 14. The molecule has 8 N–H and O–H groups in total. The first kappa shape index (κ1) is 36.0. The average molecular weight is 699 g/mol. The molecule has 0 spiro atoms. The Morgan fingerprint density at radius 1 is 0.415 bits per heavy atom. The van der Waals surface area contributed by atoms with Gasteiger partial charge in [0.1, 0.15) is 0 Å². The summed E-state index contributed by atoms with van der Waals surface area (Å²) in [5.74, 6) is 22.1. The molecule has 53 heavy (non-hydrogen) atoms. The van der Waals surface area contributed by atoms with E-state index < -0.39 is 0 Å². The zero-order valence-electron chi connectivity index (χ0n) is 29.2. The number of ether oxygens (including phenoxy) is 1. The number of hydrogen-bond donors (Lipinski definition) is 4. The second kappa shape index (κ2) is 17.9. The van der Waals surface area contributed by atoms with Crippen molar-refractivity contribution in [2.75, 3.05) is 0 Å². The van der Waals surface area contributed by atoms with Crippen molar-refractivity contribution >= 4 is 24.9 Å². The summed E-state index contributed by atoms with van der Waals surface area (Å²) in [5, 5.41) is 15.0. The monoisotopic (exact) mass is 698 g/mol. The van der Waals surface area contributed by atoms with Crippen molar-refractivity contribution in [2.45, 2.75) is 25.0 Å². The molecule has 0 aromatic heterocycles. The third kappa shape index (κ3) is 9.29. The highest BCUT2D eigenvalue weighted by atomic mass is 16.5. The number of nitrogens with two attached hydrogens (primary N) is 4. The van der Waals surface area contributed by atoms with Crippen LogP contribution in [0.3, 0.4) is 0 Å². The molecule has 0 aliphatic heterocycles. The first-order chi connectivity index (χ1) is 26.1. The quantitative estimate of drug-likeness (QED) is 0.0526. The van der Waals surface area contributed by atoms with Crippen LogP contribution < -0.4 is 23.4 Å². The fraction of sp³-hybridized carbons (Fsp3) is 0.0909. The van der Waals surface area contributed by atoms with Crippen molar-refractivity contribution in [1.82, 2.24) is 0 Å². The zero-order valence-corrected chi connectivity index (χ0v) is 29.2. The molecule has 9 heteroatoms. The Balaban J connectivity index is 1.52. The molecule has 0 heterocycles. The van der Waals surface area contributed by atoms with Gasteiger partial charge in [-0.15, -0.1) is 0 Å². The lowest BCUT2D eigenvalue weighted by atomic mass is 9.90. The molecule has 0 saturated carbocycles. The van der Waals surface area contributed by atoms with E-state index in [0.717, 1.165) is 66.8 Å². The van der Waals surface area contributed by atoms with Crippen LogP contribution in [-0.2, 0) is 17.6 Å². The highest BCUT2D eigenvalue weighted by molar-refractivity contribution is 5.84. The summed E-state index contributed by atoms with van der Waals surface area (Å²) >= 11 is 0. The Morgan fingerprint density at radius 3 is 1.17 bits per heavy atom. The van der Waals surface area contributed by atoms with Crippen LogP contribution in [0.2, 0.25) is 0 Å². The molecule has 6 aromatic carbocycles. The predicted octanol–water partition coefficient (Wildman–Crippen LogP) is 7.48. The molecule has 9 nitrogen and oxygen atoms in total. The fourth-order valence-corrected chi connectivity index (χ4v) is 6.69. The molecule has 6 rings (SSSR count). The predicted molar refractivity (Wildman–Crippen MR) is 218 cm³/mol. The molecule has 0 radical (unpaired) electrons. The van der Waals surface area contributed by atoms with E-state index in [2.05, 4.69) is 105 Å². The minimum absolute atomic E-state index is 0.384.